The van der Waals surface area contributed by atoms with Crippen LogP contribution in [0.5, 0.6) is 0 Å². The van der Waals surface area contributed by atoms with Crippen molar-refractivity contribution in [2.24, 2.45) is 29.6 Å². The molecule has 1 heterocycles. The van der Waals surface area contributed by atoms with E-state index >= 15 is 0 Å². The molecule has 63 heavy (non-hydrogen) atoms. The highest BCUT2D eigenvalue weighted by Gasteiger charge is 2.43. The van der Waals surface area contributed by atoms with E-state index in [1.54, 1.807) is 67.1 Å². The van der Waals surface area contributed by atoms with Gasteiger partial charge in [0.25, 0.3) is 0 Å². The minimum Gasteiger partial charge on any atom is -0.452 e. The monoisotopic (exact) mass is 876 g/mol. The fourth-order valence-corrected chi connectivity index (χ4v) is 8.90. The van der Waals surface area contributed by atoms with Gasteiger partial charge in [0.15, 0.2) is 5.78 Å². The van der Waals surface area contributed by atoms with Gasteiger partial charge in [-0.2, -0.15) is 0 Å². The van der Waals surface area contributed by atoms with Gasteiger partial charge in [-0.3, -0.25) is 28.9 Å². The number of carbonyl (C=O) groups is 7. The number of likely N-dealkylation sites (N-methyl/N-ethyl adjacent to an activating group) is 2. The number of hydrogen-bond acceptors (Lipinski definition) is 10. The van der Waals surface area contributed by atoms with Crippen molar-refractivity contribution in [2.45, 2.75) is 130 Å². The third-order valence-corrected chi connectivity index (χ3v) is 12.7. The highest BCUT2D eigenvalue weighted by molar-refractivity contribution is 5.96. The normalized spacial score (nSPS) is 18.3. The molecule has 0 aromatic heterocycles. The van der Waals surface area contributed by atoms with Crippen LogP contribution < -0.4 is 10.6 Å². The molecule has 2 aromatic rings. The van der Waals surface area contributed by atoms with Crippen molar-refractivity contribution in [2.75, 3.05) is 34.8 Å². The van der Waals surface area contributed by atoms with Gasteiger partial charge in [0.1, 0.15) is 18.4 Å². The highest BCUT2D eigenvalue weighted by atomic mass is 16.5. The molecule has 10 atom stereocenters. The number of nitrogens with zero attached hydrogens (tertiary/aromatic N) is 3. The van der Waals surface area contributed by atoms with Crippen molar-refractivity contribution in [3.63, 3.8) is 0 Å². The Kier molecular flexibility index (Phi) is 20.1. The number of methoxy groups -OCH3 is 1. The molecular weight excluding hydrogens is 803 g/mol. The zero-order valence-electron chi connectivity index (χ0n) is 39.8. The van der Waals surface area contributed by atoms with Crippen molar-refractivity contribution in [3.05, 3.63) is 71.3 Å². The summed E-state index contributed by atoms with van der Waals surface area (Å²) in [6, 6.07) is 12.1. The number of esters is 1. The first-order valence-corrected chi connectivity index (χ1v) is 22.4. The highest BCUT2D eigenvalue weighted by Crippen LogP contribution is 2.32. The summed E-state index contributed by atoms with van der Waals surface area (Å²) in [6.45, 7) is 16.9. The van der Waals surface area contributed by atoms with E-state index in [4.69, 9.17) is 9.47 Å². The van der Waals surface area contributed by atoms with Crippen LogP contribution in [0.3, 0.4) is 0 Å². The number of carbonyl (C=O) groups excluding carboxylic acids is 7. The van der Waals surface area contributed by atoms with Gasteiger partial charge in [0.2, 0.25) is 23.6 Å². The van der Waals surface area contributed by atoms with Crippen LogP contribution in [-0.4, -0.2) is 127 Å². The van der Waals surface area contributed by atoms with Crippen LogP contribution in [0.2, 0.25) is 0 Å². The van der Waals surface area contributed by atoms with Crippen LogP contribution in [0, 0.1) is 29.6 Å². The van der Waals surface area contributed by atoms with Crippen LogP contribution in [0.4, 0.5) is 0 Å². The van der Waals surface area contributed by atoms with E-state index in [-0.39, 0.29) is 53.2 Å². The van der Waals surface area contributed by atoms with Crippen molar-refractivity contribution in [1.29, 1.82) is 0 Å². The van der Waals surface area contributed by atoms with Crippen molar-refractivity contribution in [1.82, 2.24) is 25.3 Å². The molecule has 4 amide bonds. The third kappa shape index (κ3) is 13.5. The number of amides is 4. The summed E-state index contributed by atoms with van der Waals surface area (Å²) in [6.07, 6.45) is 0.909. The molecule has 1 aliphatic rings. The maximum atomic E-state index is 14.3. The molecular formula is C49H73N5O9. The van der Waals surface area contributed by atoms with Crippen LogP contribution in [0.25, 0.3) is 0 Å². The summed E-state index contributed by atoms with van der Waals surface area (Å²) in [4.78, 5) is 99.3. The molecule has 14 nitrogen and oxygen atoms in total. The van der Waals surface area contributed by atoms with Gasteiger partial charge in [-0.15, -0.1) is 0 Å². The minimum atomic E-state index is -0.891. The molecule has 14 heteroatoms. The van der Waals surface area contributed by atoms with Crippen LogP contribution in [0.15, 0.2) is 54.6 Å². The predicted molar refractivity (Wildman–Crippen MR) is 243 cm³/mol. The molecule has 2 N–H and O–H groups in total. The number of hydrogen-bond donors (Lipinski definition) is 2. The average Bonchev–Trinajstić information content (AvgIpc) is 3.73. The van der Waals surface area contributed by atoms with Gasteiger partial charge in [-0.1, -0.05) is 97.4 Å². The Morgan fingerprint density at radius 1 is 0.841 bits per heavy atom. The first kappa shape index (κ1) is 52.4. The zero-order valence-corrected chi connectivity index (χ0v) is 39.8. The van der Waals surface area contributed by atoms with E-state index in [9.17, 15) is 33.6 Å². The number of nitrogens with one attached hydrogen (secondary N) is 2. The predicted octanol–water partition coefficient (Wildman–Crippen LogP) is 5.74. The van der Waals surface area contributed by atoms with Crippen LogP contribution in [-0.2, 0) is 33.4 Å². The lowest BCUT2D eigenvalue weighted by atomic mass is 9.85. The van der Waals surface area contributed by atoms with Crippen LogP contribution in [0.1, 0.15) is 120 Å². The van der Waals surface area contributed by atoms with E-state index < -0.39 is 66.1 Å². The Labute approximate surface area is 375 Å². The molecule has 348 valence electrons. The minimum absolute atomic E-state index is 0.0147. The van der Waals surface area contributed by atoms with Crippen molar-refractivity contribution < 1.29 is 43.0 Å². The summed E-state index contributed by atoms with van der Waals surface area (Å²) in [7, 11) is 6.89. The largest absolute Gasteiger partial charge is 0.452 e. The number of rotatable bonds is 23. The van der Waals surface area contributed by atoms with Gasteiger partial charge >= 0.3 is 5.97 Å². The summed E-state index contributed by atoms with van der Waals surface area (Å²) in [5, 5.41) is 6.00. The fourth-order valence-electron chi connectivity index (χ4n) is 8.90. The SMILES string of the molecule is CC[C@H](C)[C@@H]([C@@H](CC(=O)N1CCC[C@H]1[C@H](C=O)[C@@H](C)C(=O)N[C@H](C)C(OC(=O)c1ccc(C(C)=O)cc1)c1ccccc1)OC)N(C)C(=O)[C@@H](NC(=O)[C@H](C(C)C)N(C)C)C(C)C. The maximum absolute atomic E-state index is 14.3. The number of Topliss-reactive ketones (excluding diaryl/α,β-unsaturated/α-hetero) is 1. The van der Waals surface area contributed by atoms with E-state index in [2.05, 4.69) is 10.6 Å². The fraction of sp³-hybridized carbons (Fsp3) is 0.612. The molecule has 1 saturated heterocycles. The van der Waals surface area contributed by atoms with Gasteiger partial charge < -0.3 is 34.7 Å². The Balaban J connectivity index is 1.80. The molecule has 1 fully saturated rings. The van der Waals surface area contributed by atoms with Gasteiger partial charge in [-0.25, -0.2) is 4.79 Å². The summed E-state index contributed by atoms with van der Waals surface area (Å²) in [5.41, 5.74) is 1.35. The summed E-state index contributed by atoms with van der Waals surface area (Å²) in [5.74, 6) is -3.95. The molecule has 1 unspecified atom stereocenters. The number of aldehydes is 1. The second-order valence-electron chi connectivity index (χ2n) is 18.2. The van der Waals surface area contributed by atoms with Gasteiger partial charge in [-0.05, 0) is 76.2 Å². The Bertz CT molecular complexity index is 1840. The topological polar surface area (TPSA) is 172 Å². The lowest BCUT2D eigenvalue weighted by molar-refractivity contribution is -0.147. The molecule has 0 spiro atoms. The van der Waals surface area contributed by atoms with E-state index in [0.717, 1.165) is 6.29 Å². The molecule has 1 aliphatic heterocycles. The maximum Gasteiger partial charge on any atom is 0.338 e. The Morgan fingerprint density at radius 2 is 1.44 bits per heavy atom. The van der Waals surface area contributed by atoms with E-state index in [1.807, 2.05) is 66.6 Å². The second kappa shape index (κ2) is 24.2. The van der Waals surface area contributed by atoms with Crippen molar-refractivity contribution >= 4 is 41.7 Å². The zero-order chi connectivity index (χ0) is 47.3. The molecule has 3 rings (SSSR count). The molecule has 0 aliphatic carbocycles. The van der Waals surface area contributed by atoms with E-state index in [0.29, 0.717) is 36.9 Å². The summed E-state index contributed by atoms with van der Waals surface area (Å²) < 4.78 is 12.0. The Hall–Kier alpha value is -4.95. The molecule has 0 radical (unpaired) electrons. The van der Waals surface area contributed by atoms with Gasteiger partial charge in [0, 0.05) is 44.1 Å². The Morgan fingerprint density at radius 3 is 1.95 bits per heavy atom. The lowest BCUT2D eigenvalue weighted by Crippen LogP contribution is -2.59. The summed E-state index contributed by atoms with van der Waals surface area (Å²) >= 11 is 0. The smallest absolute Gasteiger partial charge is 0.338 e. The standard InChI is InChI=1S/C49H73N5O9/c1-14-31(6)44(53(12)48(60)42(29(2)3)51-47(59)43(30(4)5)52(10)11)40(62-13)27-41(57)54-26-18-21-39(54)38(28-55)32(7)46(58)50-33(8)45(36-19-16-15-17-20-36)63-49(61)37-24-22-35(23-25-37)34(9)56/h15-17,19-20,22-25,28-33,38-40,42-45H,14,18,21,26-27H2,1-13H3,(H,50,58)(H,51,59)/t31-,32+,33+,38+,39-,40+,42-,43-,44-,45?/m0/s1. The lowest BCUT2D eigenvalue weighted by Gasteiger charge is -2.41. The second-order valence-corrected chi connectivity index (χ2v) is 18.2. The molecule has 0 bridgehead atoms. The molecule has 0 saturated carbocycles. The first-order valence-electron chi connectivity index (χ1n) is 22.4. The number of ketones is 1. The number of ether oxygens (including phenoxy) is 2. The van der Waals surface area contributed by atoms with Crippen molar-refractivity contribution in [3.8, 4) is 0 Å². The van der Waals surface area contributed by atoms with Crippen LogP contribution >= 0.6 is 0 Å². The quantitative estimate of drug-likeness (QED) is 0.0798. The first-order chi connectivity index (χ1) is 29.7. The number of likely N-dealkylation sites (tertiary alicyclic amines) is 1. The van der Waals surface area contributed by atoms with Gasteiger partial charge in [0.05, 0.1) is 36.2 Å². The van der Waals surface area contributed by atoms with E-state index in [1.165, 1.54) is 26.2 Å². The molecule has 2 aromatic carbocycles. The average molecular weight is 876 g/mol. The third-order valence-electron chi connectivity index (χ3n) is 12.7. The number of benzene rings is 2.